The van der Waals surface area contributed by atoms with Crippen LogP contribution >= 0.6 is 12.0 Å². The van der Waals surface area contributed by atoms with Gasteiger partial charge in [-0.25, -0.2) is 4.39 Å². The van der Waals surface area contributed by atoms with E-state index in [1.54, 1.807) is 6.08 Å². The van der Waals surface area contributed by atoms with Crippen molar-refractivity contribution in [2.75, 3.05) is 46.1 Å². The first kappa shape index (κ1) is 14.1. The summed E-state index contributed by atoms with van der Waals surface area (Å²) in [5, 5.41) is 0. The summed E-state index contributed by atoms with van der Waals surface area (Å²) in [4.78, 5) is 4.53. The van der Waals surface area contributed by atoms with Gasteiger partial charge in [0.2, 0.25) is 0 Å². The van der Waals surface area contributed by atoms with Crippen molar-refractivity contribution in [3.63, 3.8) is 0 Å². The molecule has 1 heterocycles. The van der Waals surface area contributed by atoms with Gasteiger partial charge in [0.1, 0.15) is 5.83 Å². The van der Waals surface area contributed by atoms with Crippen LogP contribution in [0.3, 0.4) is 0 Å². The number of rotatable bonds is 4. The number of halogens is 1. The fourth-order valence-corrected chi connectivity index (χ4v) is 2.67. The molecule has 1 atom stereocenters. The molecular weight excluding hydrogens is 251 g/mol. The number of likely N-dealkylation sites (N-methyl/N-ethyl adjacent to an activating group) is 1. The average Bonchev–Trinajstić information content (AvgIpc) is 2.39. The third-order valence-corrected chi connectivity index (χ3v) is 3.95. The van der Waals surface area contributed by atoms with Gasteiger partial charge in [0.15, 0.2) is 0 Å². The van der Waals surface area contributed by atoms with E-state index in [1.165, 1.54) is 17.6 Å². The third-order valence-electron chi connectivity index (χ3n) is 3.59. The molecule has 1 fully saturated rings. The fraction of sp³-hybridized carbons (Fsp3) is 0.692. The number of nitrogens with zero attached hydrogens (tertiary/aromatic N) is 2. The first-order chi connectivity index (χ1) is 8.70. The Bertz CT molecular complexity index is 338. The molecular formula is C13H21FN2OS. The van der Waals surface area contributed by atoms with E-state index in [9.17, 15) is 4.39 Å². The number of allylic oxidation sites excluding steroid dienone is 2. The molecule has 1 aliphatic carbocycles. The average molecular weight is 272 g/mol. The van der Waals surface area contributed by atoms with Crippen molar-refractivity contribution >= 4 is 12.0 Å². The second kappa shape index (κ2) is 6.70. The van der Waals surface area contributed by atoms with Crippen LogP contribution in [-0.4, -0.2) is 61.9 Å². The van der Waals surface area contributed by atoms with Crippen molar-refractivity contribution in [2.45, 2.75) is 12.5 Å². The topological polar surface area (TPSA) is 15.7 Å². The van der Waals surface area contributed by atoms with Crippen LogP contribution in [-0.2, 0) is 4.18 Å². The number of hydrogen-bond donors (Lipinski definition) is 0. The SMILES string of the molecule is CSOCC1=CC=C(F)C(N2CCN(C)CC2)C1. The molecule has 0 saturated carbocycles. The molecule has 0 N–H and O–H groups in total. The van der Waals surface area contributed by atoms with E-state index in [1.807, 2.05) is 12.3 Å². The van der Waals surface area contributed by atoms with Gasteiger partial charge in [-0.15, -0.1) is 0 Å². The summed E-state index contributed by atoms with van der Waals surface area (Å²) in [6.07, 6.45) is 6.12. The van der Waals surface area contributed by atoms with Gasteiger partial charge >= 0.3 is 0 Å². The Labute approximate surface area is 113 Å². The Balaban J connectivity index is 1.93. The lowest BCUT2D eigenvalue weighted by atomic mass is 9.98. The molecule has 0 bridgehead atoms. The van der Waals surface area contributed by atoms with Gasteiger partial charge < -0.3 is 9.08 Å². The molecule has 18 heavy (non-hydrogen) atoms. The van der Waals surface area contributed by atoms with Crippen LogP contribution in [0, 0.1) is 0 Å². The minimum absolute atomic E-state index is 0.00699. The number of piperazine rings is 1. The van der Waals surface area contributed by atoms with E-state index in [2.05, 4.69) is 16.8 Å². The van der Waals surface area contributed by atoms with Crippen molar-refractivity contribution < 1.29 is 8.57 Å². The highest BCUT2D eigenvalue weighted by atomic mass is 32.2. The van der Waals surface area contributed by atoms with Crippen LogP contribution in [0.4, 0.5) is 4.39 Å². The molecule has 0 aromatic rings. The molecule has 3 nitrogen and oxygen atoms in total. The van der Waals surface area contributed by atoms with Crippen LogP contribution in [0.2, 0.25) is 0 Å². The molecule has 0 aromatic heterocycles. The van der Waals surface area contributed by atoms with Gasteiger partial charge in [-0.1, -0.05) is 6.08 Å². The number of hydrogen-bond acceptors (Lipinski definition) is 4. The van der Waals surface area contributed by atoms with Gasteiger partial charge in [-0.2, -0.15) is 0 Å². The second-order valence-electron chi connectivity index (χ2n) is 4.86. The van der Waals surface area contributed by atoms with Crippen molar-refractivity contribution in [2.24, 2.45) is 0 Å². The van der Waals surface area contributed by atoms with Crippen LogP contribution < -0.4 is 0 Å². The maximum absolute atomic E-state index is 13.9. The van der Waals surface area contributed by atoms with E-state index in [0.29, 0.717) is 6.61 Å². The third kappa shape index (κ3) is 3.57. The Morgan fingerprint density at radius 2 is 2.06 bits per heavy atom. The van der Waals surface area contributed by atoms with E-state index in [0.717, 1.165) is 32.6 Å². The Morgan fingerprint density at radius 1 is 1.33 bits per heavy atom. The lowest BCUT2D eigenvalue weighted by Crippen LogP contribution is -2.49. The molecule has 0 aromatic carbocycles. The quantitative estimate of drug-likeness (QED) is 0.728. The summed E-state index contributed by atoms with van der Waals surface area (Å²) < 4.78 is 19.3. The van der Waals surface area contributed by atoms with Gasteiger partial charge in [0, 0.05) is 32.4 Å². The molecule has 0 amide bonds. The summed E-state index contributed by atoms with van der Waals surface area (Å²) in [6, 6.07) is -0.0795. The van der Waals surface area contributed by atoms with Crippen molar-refractivity contribution in [1.82, 2.24) is 9.80 Å². The van der Waals surface area contributed by atoms with Gasteiger partial charge in [-0.05, 0) is 37.2 Å². The summed E-state index contributed by atoms with van der Waals surface area (Å²) >= 11 is 1.36. The van der Waals surface area contributed by atoms with Crippen molar-refractivity contribution in [3.8, 4) is 0 Å². The van der Waals surface area contributed by atoms with E-state index in [4.69, 9.17) is 4.18 Å². The monoisotopic (exact) mass is 272 g/mol. The highest BCUT2D eigenvalue weighted by Gasteiger charge is 2.28. The summed E-state index contributed by atoms with van der Waals surface area (Å²) in [7, 11) is 2.11. The highest BCUT2D eigenvalue weighted by molar-refractivity contribution is 7.93. The minimum atomic E-state index is -0.0795. The van der Waals surface area contributed by atoms with E-state index >= 15 is 0 Å². The zero-order valence-corrected chi connectivity index (χ0v) is 11.9. The summed E-state index contributed by atoms with van der Waals surface area (Å²) in [5.41, 5.74) is 1.18. The predicted octanol–water partition coefficient (Wildman–Crippen LogP) is 2.08. The van der Waals surface area contributed by atoms with Crippen LogP contribution in [0.5, 0.6) is 0 Å². The lowest BCUT2D eigenvalue weighted by molar-refractivity contribution is 0.113. The summed E-state index contributed by atoms with van der Waals surface area (Å²) in [5.74, 6) is -0.00699. The molecule has 5 heteroatoms. The van der Waals surface area contributed by atoms with Gasteiger partial charge in [0.05, 0.1) is 12.6 Å². The minimum Gasteiger partial charge on any atom is -0.311 e. The maximum atomic E-state index is 13.9. The normalized spacial score (nSPS) is 26.9. The van der Waals surface area contributed by atoms with Gasteiger partial charge in [0.25, 0.3) is 0 Å². The van der Waals surface area contributed by atoms with Crippen LogP contribution in [0.15, 0.2) is 23.6 Å². The van der Waals surface area contributed by atoms with Crippen LogP contribution in [0.25, 0.3) is 0 Å². The highest BCUT2D eigenvalue weighted by Crippen LogP contribution is 2.26. The van der Waals surface area contributed by atoms with Crippen molar-refractivity contribution in [1.29, 1.82) is 0 Å². The molecule has 1 unspecified atom stereocenters. The molecule has 1 saturated heterocycles. The fourth-order valence-electron chi connectivity index (χ4n) is 2.40. The molecule has 1 aliphatic heterocycles. The molecule has 0 spiro atoms. The Hall–Kier alpha value is -0.360. The maximum Gasteiger partial charge on any atom is 0.117 e. The van der Waals surface area contributed by atoms with Gasteiger partial charge in [-0.3, -0.25) is 4.90 Å². The Morgan fingerprint density at radius 3 is 2.72 bits per heavy atom. The molecule has 2 aliphatic rings. The van der Waals surface area contributed by atoms with Crippen molar-refractivity contribution in [3.05, 3.63) is 23.6 Å². The lowest BCUT2D eigenvalue weighted by Gasteiger charge is -2.38. The standard InChI is InChI=1S/C13H21FN2OS/c1-15-5-7-16(8-6-15)13-9-11(10-17-18-2)3-4-12(13)14/h3-4,13H,5-10H2,1-2H3. The molecule has 0 radical (unpaired) electrons. The molecule has 2 rings (SSSR count). The predicted molar refractivity (Wildman–Crippen MR) is 74.2 cm³/mol. The Kier molecular flexibility index (Phi) is 5.24. The van der Waals surface area contributed by atoms with Crippen LogP contribution in [0.1, 0.15) is 6.42 Å². The largest absolute Gasteiger partial charge is 0.311 e. The summed E-state index contributed by atoms with van der Waals surface area (Å²) in [6.45, 7) is 4.52. The first-order valence-corrected chi connectivity index (χ1v) is 7.49. The molecule has 102 valence electrons. The smallest absolute Gasteiger partial charge is 0.117 e. The zero-order valence-electron chi connectivity index (χ0n) is 11.1. The first-order valence-electron chi connectivity index (χ1n) is 6.34. The zero-order chi connectivity index (χ0) is 13.0. The second-order valence-corrected chi connectivity index (χ2v) is 5.43. The van der Waals surface area contributed by atoms with E-state index < -0.39 is 0 Å². The van der Waals surface area contributed by atoms with E-state index in [-0.39, 0.29) is 11.9 Å².